The van der Waals surface area contributed by atoms with Crippen molar-refractivity contribution in [2.24, 2.45) is 0 Å². The molecular formula is C16H26ClN5O. The standard InChI is InChI=1S/C16H26ClN5O/c1-5-16(3,4)20-15(23)12(2)21-6-8-22(9-7-21)14-10-13(17)18-11-19-14/h10-12H,5-9H2,1-4H3,(H,20,23). The van der Waals surface area contributed by atoms with Crippen LogP contribution in [-0.2, 0) is 4.79 Å². The predicted octanol–water partition coefficient (Wildman–Crippen LogP) is 1.95. The van der Waals surface area contributed by atoms with Gasteiger partial charge < -0.3 is 10.2 Å². The molecule has 1 aromatic heterocycles. The molecule has 128 valence electrons. The van der Waals surface area contributed by atoms with Crippen LogP contribution in [0.3, 0.4) is 0 Å². The van der Waals surface area contributed by atoms with E-state index in [0.717, 1.165) is 38.4 Å². The van der Waals surface area contributed by atoms with E-state index in [0.29, 0.717) is 5.15 Å². The number of carbonyl (C=O) groups excluding carboxylic acids is 1. The van der Waals surface area contributed by atoms with Crippen LogP contribution in [0, 0.1) is 0 Å². The van der Waals surface area contributed by atoms with Crippen molar-refractivity contribution in [1.29, 1.82) is 0 Å². The molecule has 7 heteroatoms. The van der Waals surface area contributed by atoms with Gasteiger partial charge in [-0.1, -0.05) is 18.5 Å². The predicted molar refractivity (Wildman–Crippen MR) is 92.8 cm³/mol. The Morgan fingerprint density at radius 1 is 1.35 bits per heavy atom. The Morgan fingerprint density at radius 3 is 2.57 bits per heavy atom. The van der Waals surface area contributed by atoms with E-state index >= 15 is 0 Å². The second-order valence-corrected chi connectivity index (χ2v) is 7.01. The topological polar surface area (TPSA) is 61.4 Å². The van der Waals surface area contributed by atoms with Gasteiger partial charge in [-0.05, 0) is 27.2 Å². The zero-order valence-corrected chi connectivity index (χ0v) is 15.1. The summed E-state index contributed by atoms with van der Waals surface area (Å²) in [4.78, 5) is 25.0. The van der Waals surface area contributed by atoms with Gasteiger partial charge >= 0.3 is 0 Å². The average Bonchev–Trinajstić information content (AvgIpc) is 2.54. The molecule has 0 saturated carbocycles. The zero-order valence-electron chi connectivity index (χ0n) is 14.3. The summed E-state index contributed by atoms with van der Waals surface area (Å²) >= 11 is 5.92. The highest BCUT2D eigenvalue weighted by atomic mass is 35.5. The minimum atomic E-state index is -0.162. The van der Waals surface area contributed by atoms with E-state index in [-0.39, 0.29) is 17.5 Å². The summed E-state index contributed by atoms with van der Waals surface area (Å²) in [6.07, 6.45) is 2.39. The number of halogens is 1. The summed E-state index contributed by atoms with van der Waals surface area (Å²) < 4.78 is 0. The molecule has 1 aliphatic rings. The Bertz CT molecular complexity index is 543. The van der Waals surface area contributed by atoms with Crippen LogP contribution >= 0.6 is 11.6 Å². The van der Waals surface area contributed by atoms with E-state index in [4.69, 9.17) is 11.6 Å². The van der Waals surface area contributed by atoms with Gasteiger partial charge in [0.25, 0.3) is 0 Å². The van der Waals surface area contributed by atoms with Gasteiger partial charge in [-0.15, -0.1) is 0 Å². The number of hydrogen-bond acceptors (Lipinski definition) is 5. The van der Waals surface area contributed by atoms with Gasteiger partial charge in [-0.2, -0.15) is 0 Å². The molecule has 1 aromatic rings. The van der Waals surface area contributed by atoms with E-state index in [1.54, 1.807) is 6.07 Å². The van der Waals surface area contributed by atoms with Crippen molar-refractivity contribution in [1.82, 2.24) is 20.2 Å². The molecule has 0 spiro atoms. The molecule has 1 unspecified atom stereocenters. The summed E-state index contributed by atoms with van der Waals surface area (Å²) in [6, 6.07) is 1.65. The lowest BCUT2D eigenvalue weighted by molar-refractivity contribution is -0.127. The second-order valence-electron chi connectivity index (χ2n) is 6.62. The fraction of sp³-hybridized carbons (Fsp3) is 0.688. The largest absolute Gasteiger partial charge is 0.354 e. The maximum Gasteiger partial charge on any atom is 0.237 e. The Morgan fingerprint density at radius 2 is 2.00 bits per heavy atom. The number of anilines is 1. The number of amides is 1. The maximum absolute atomic E-state index is 12.4. The summed E-state index contributed by atoms with van der Waals surface area (Å²) in [5.41, 5.74) is -0.162. The van der Waals surface area contributed by atoms with Crippen molar-refractivity contribution in [3.05, 3.63) is 17.5 Å². The van der Waals surface area contributed by atoms with Crippen molar-refractivity contribution >= 4 is 23.3 Å². The van der Waals surface area contributed by atoms with Crippen LogP contribution in [0.5, 0.6) is 0 Å². The molecule has 1 N–H and O–H groups in total. The van der Waals surface area contributed by atoms with Gasteiger partial charge in [0.2, 0.25) is 5.91 Å². The summed E-state index contributed by atoms with van der Waals surface area (Å²) in [5.74, 6) is 0.934. The van der Waals surface area contributed by atoms with Crippen molar-refractivity contribution in [2.45, 2.75) is 45.7 Å². The Kier molecular flexibility index (Phi) is 5.81. The number of aromatic nitrogens is 2. The first-order chi connectivity index (χ1) is 10.8. The molecule has 1 aliphatic heterocycles. The van der Waals surface area contributed by atoms with Crippen LogP contribution in [0.1, 0.15) is 34.1 Å². The Balaban J connectivity index is 1.89. The lowest BCUT2D eigenvalue weighted by Gasteiger charge is -2.39. The molecule has 0 bridgehead atoms. The number of hydrogen-bond donors (Lipinski definition) is 1. The fourth-order valence-electron chi connectivity index (χ4n) is 2.53. The number of nitrogens with zero attached hydrogens (tertiary/aromatic N) is 4. The first-order valence-electron chi connectivity index (χ1n) is 8.11. The number of nitrogens with one attached hydrogen (secondary N) is 1. The molecular weight excluding hydrogens is 314 g/mol. The highest BCUT2D eigenvalue weighted by Gasteiger charge is 2.28. The van der Waals surface area contributed by atoms with E-state index in [9.17, 15) is 4.79 Å². The van der Waals surface area contributed by atoms with E-state index in [1.165, 1.54) is 6.33 Å². The molecule has 1 atom stereocenters. The monoisotopic (exact) mass is 339 g/mol. The molecule has 2 heterocycles. The molecule has 2 rings (SSSR count). The first-order valence-corrected chi connectivity index (χ1v) is 8.49. The zero-order chi connectivity index (χ0) is 17.0. The van der Waals surface area contributed by atoms with Gasteiger partial charge in [-0.25, -0.2) is 9.97 Å². The molecule has 1 amide bonds. The van der Waals surface area contributed by atoms with Crippen molar-refractivity contribution in [3.8, 4) is 0 Å². The molecule has 0 aromatic carbocycles. The lowest BCUT2D eigenvalue weighted by Crippen LogP contribution is -2.56. The third-order valence-corrected chi connectivity index (χ3v) is 4.74. The van der Waals surface area contributed by atoms with Crippen LogP contribution in [0.25, 0.3) is 0 Å². The summed E-state index contributed by atoms with van der Waals surface area (Å²) in [7, 11) is 0. The fourth-order valence-corrected chi connectivity index (χ4v) is 2.67. The molecule has 1 saturated heterocycles. The highest BCUT2D eigenvalue weighted by Crippen LogP contribution is 2.17. The van der Waals surface area contributed by atoms with Gasteiger partial charge in [0.1, 0.15) is 17.3 Å². The minimum Gasteiger partial charge on any atom is -0.354 e. The third-order valence-electron chi connectivity index (χ3n) is 4.53. The van der Waals surface area contributed by atoms with Crippen LogP contribution in [0.15, 0.2) is 12.4 Å². The molecule has 0 radical (unpaired) electrons. The van der Waals surface area contributed by atoms with Gasteiger partial charge in [0.15, 0.2) is 0 Å². The summed E-state index contributed by atoms with van der Waals surface area (Å²) in [5, 5.41) is 3.57. The van der Waals surface area contributed by atoms with Crippen molar-refractivity contribution in [3.63, 3.8) is 0 Å². The van der Waals surface area contributed by atoms with Gasteiger partial charge in [0.05, 0.1) is 6.04 Å². The normalized spacial score (nSPS) is 17.9. The smallest absolute Gasteiger partial charge is 0.237 e. The van der Waals surface area contributed by atoms with E-state index in [2.05, 4.69) is 45.9 Å². The first kappa shape index (κ1) is 17.9. The molecule has 23 heavy (non-hydrogen) atoms. The third kappa shape index (κ3) is 4.78. The number of rotatable bonds is 5. The molecule has 0 aliphatic carbocycles. The quantitative estimate of drug-likeness (QED) is 0.831. The van der Waals surface area contributed by atoms with Crippen LogP contribution in [-0.4, -0.2) is 58.5 Å². The average molecular weight is 340 g/mol. The Hall–Kier alpha value is -1.40. The minimum absolute atomic E-state index is 0.0929. The van der Waals surface area contributed by atoms with Crippen molar-refractivity contribution < 1.29 is 4.79 Å². The van der Waals surface area contributed by atoms with Gasteiger partial charge in [0, 0.05) is 37.8 Å². The second kappa shape index (κ2) is 7.45. The summed E-state index contributed by atoms with van der Waals surface area (Å²) in [6.45, 7) is 11.4. The number of piperazine rings is 1. The van der Waals surface area contributed by atoms with Gasteiger partial charge in [-0.3, -0.25) is 9.69 Å². The molecule has 6 nitrogen and oxygen atoms in total. The SMILES string of the molecule is CCC(C)(C)NC(=O)C(C)N1CCN(c2cc(Cl)ncn2)CC1. The maximum atomic E-state index is 12.4. The Labute approximate surface area is 143 Å². The highest BCUT2D eigenvalue weighted by molar-refractivity contribution is 6.29. The van der Waals surface area contributed by atoms with Crippen LogP contribution < -0.4 is 10.2 Å². The van der Waals surface area contributed by atoms with Crippen molar-refractivity contribution in [2.75, 3.05) is 31.1 Å². The number of carbonyl (C=O) groups is 1. The van der Waals surface area contributed by atoms with E-state index < -0.39 is 0 Å². The van der Waals surface area contributed by atoms with Crippen LogP contribution in [0.4, 0.5) is 5.82 Å². The van der Waals surface area contributed by atoms with E-state index in [1.807, 2.05) is 6.92 Å². The lowest BCUT2D eigenvalue weighted by atomic mass is 10.0. The van der Waals surface area contributed by atoms with Crippen LogP contribution in [0.2, 0.25) is 5.15 Å². The molecule has 1 fully saturated rings.